The number of carbonyl (C=O) groups is 1. The molecule has 0 saturated carbocycles. The van der Waals surface area contributed by atoms with Crippen molar-refractivity contribution in [3.8, 4) is 0 Å². The fraction of sp³-hybridized carbons (Fsp3) is 0.917. The predicted octanol–water partition coefficient (Wildman–Crippen LogP) is 0.293. The van der Waals surface area contributed by atoms with Crippen molar-refractivity contribution in [3.63, 3.8) is 0 Å². The van der Waals surface area contributed by atoms with Gasteiger partial charge in [0.25, 0.3) is 0 Å². The first-order valence-electron chi connectivity index (χ1n) is 6.27. The first kappa shape index (κ1) is 14.4. The Kier molecular flexibility index (Phi) is 5.88. The van der Waals surface area contributed by atoms with Crippen LogP contribution in [0.1, 0.15) is 27.7 Å². The third-order valence-electron chi connectivity index (χ3n) is 2.56. The lowest BCUT2D eigenvalue weighted by molar-refractivity contribution is -0.137. The first-order chi connectivity index (χ1) is 7.99. The van der Waals surface area contributed by atoms with Gasteiger partial charge in [-0.1, -0.05) is 0 Å². The summed E-state index contributed by atoms with van der Waals surface area (Å²) in [6, 6.07) is 0.140. The Labute approximate surface area is 103 Å². The maximum Gasteiger partial charge on any atom is 0.249 e. The highest BCUT2D eigenvalue weighted by Gasteiger charge is 2.21. The van der Waals surface area contributed by atoms with Crippen LogP contribution >= 0.6 is 0 Å². The number of hydrogen-bond acceptors (Lipinski definition) is 4. The predicted molar refractivity (Wildman–Crippen MR) is 65.9 cm³/mol. The highest BCUT2D eigenvalue weighted by molar-refractivity contribution is 5.80. The van der Waals surface area contributed by atoms with E-state index in [0.29, 0.717) is 6.61 Å². The van der Waals surface area contributed by atoms with Gasteiger partial charge in [-0.05, 0) is 27.7 Å². The van der Waals surface area contributed by atoms with Crippen molar-refractivity contribution in [1.29, 1.82) is 0 Å². The van der Waals surface area contributed by atoms with E-state index in [1.807, 2.05) is 20.8 Å². The molecule has 1 aliphatic rings. The molecule has 0 radical (unpaired) electrons. The molecule has 5 heteroatoms. The molecule has 0 aromatic rings. The minimum atomic E-state index is -0.432. The van der Waals surface area contributed by atoms with Gasteiger partial charge in [0.1, 0.15) is 6.10 Å². The Morgan fingerprint density at radius 1 is 1.47 bits per heavy atom. The second kappa shape index (κ2) is 6.93. The van der Waals surface area contributed by atoms with Crippen LogP contribution in [0.2, 0.25) is 0 Å². The quantitative estimate of drug-likeness (QED) is 0.730. The average molecular weight is 244 g/mol. The molecule has 1 fully saturated rings. The van der Waals surface area contributed by atoms with E-state index in [9.17, 15) is 4.79 Å². The highest BCUT2D eigenvalue weighted by atomic mass is 16.5. The Balaban J connectivity index is 2.22. The van der Waals surface area contributed by atoms with Crippen LogP contribution in [0.3, 0.4) is 0 Å². The Hall–Kier alpha value is -0.650. The minimum absolute atomic E-state index is 0.0352. The second-order valence-corrected chi connectivity index (χ2v) is 4.87. The molecule has 0 aromatic heterocycles. The van der Waals surface area contributed by atoms with Crippen LogP contribution in [0.15, 0.2) is 0 Å². The molecule has 0 bridgehead atoms. The summed E-state index contributed by atoms with van der Waals surface area (Å²) in [7, 11) is 0. The Bertz CT molecular complexity index is 246. The summed E-state index contributed by atoms with van der Waals surface area (Å²) >= 11 is 0. The summed E-state index contributed by atoms with van der Waals surface area (Å²) in [5.74, 6) is -0.0724. The molecule has 3 atom stereocenters. The van der Waals surface area contributed by atoms with Gasteiger partial charge in [-0.25, -0.2) is 0 Å². The highest BCUT2D eigenvalue weighted by Crippen LogP contribution is 2.05. The van der Waals surface area contributed by atoms with Crippen molar-refractivity contribution in [2.45, 2.75) is 52.0 Å². The van der Waals surface area contributed by atoms with Gasteiger partial charge < -0.3 is 20.1 Å². The van der Waals surface area contributed by atoms with Gasteiger partial charge in [-0.15, -0.1) is 0 Å². The minimum Gasteiger partial charge on any atom is -0.370 e. The van der Waals surface area contributed by atoms with Crippen molar-refractivity contribution >= 4 is 5.91 Å². The van der Waals surface area contributed by atoms with Crippen LogP contribution in [0.25, 0.3) is 0 Å². The molecule has 100 valence electrons. The molecule has 0 aromatic carbocycles. The van der Waals surface area contributed by atoms with Crippen LogP contribution in [0.4, 0.5) is 0 Å². The molecule has 0 spiro atoms. The third kappa shape index (κ3) is 5.48. The van der Waals surface area contributed by atoms with E-state index in [4.69, 9.17) is 9.47 Å². The molecule has 3 unspecified atom stereocenters. The number of carbonyl (C=O) groups excluding carboxylic acids is 1. The summed E-state index contributed by atoms with van der Waals surface area (Å²) < 4.78 is 11.2. The van der Waals surface area contributed by atoms with Crippen molar-refractivity contribution in [2.24, 2.45) is 0 Å². The zero-order valence-corrected chi connectivity index (χ0v) is 11.2. The van der Waals surface area contributed by atoms with Crippen molar-refractivity contribution in [3.05, 3.63) is 0 Å². The number of nitrogens with one attached hydrogen (secondary N) is 2. The normalized spacial score (nSPS) is 26.9. The molecule has 2 N–H and O–H groups in total. The molecule has 1 amide bonds. The summed E-state index contributed by atoms with van der Waals surface area (Å²) in [4.78, 5) is 11.6. The molecule has 5 nitrogen and oxygen atoms in total. The van der Waals surface area contributed by atoms with Gasteiger partial charge >= 0.3 is 0 Å². The lowest BCUT2D eigenvalue weighted by Crippen LogP contribution is -2.47. The Morgan fingerprint density at radius 3 is 2.76 bits per heavy atom. The van der Waals surface area contributed by atoms with Crippen LogP contribution in [0, 0.1) is 0 Å². The van der Waals surface area contributed by atoms with E-state index in [2.05, 4.69) is 10.6 Å². The maximum absolute atomic E-state index is 11.6. The van der Waals surface area contributed by atoms with Crippen molar-refractivity contribution in [1.82, 2.24) is 10.6 Å². The van der Waals surface area contributed by atoms with Gasteiger partial charge in [0.15, 0.2) is 0 Å². The molecular weight excluding hydrogens is 220 g/mol. The van der Waals surface area contributed by atoms with E-state index in [1.54, 1.807) is 6.92 Å². The second-order valence-electron chi connectivity index (χ2n) is 4.87. The standard InChI is InChI=1S/C12H24N2O3/c1-8(2)14-12(15)10(4)16-7-11-6-13-5-9(3)17-11/h8-11,13H,5-7H2,1-4H3,(H,14,15). The molecular formula is C12H24N2O3. The third-order valence-corrected chi connectivity index (χ3v) is 2.56. The number of amides is 1. The van der Waals surface area contributed by atoms with Crippen molar-refractivity contribution < 1.29 is 14.3 Å². The van der Waals surface area contributed by atoms with Crippen molar-refractivity contribution in [2.75, 3.05) is 19.7 Å². The van der Waals surface area contributed by atoms with Crippen LogP contribution in [0.5, 0.6) is 0 Å². The van der Waals surface area contributed by atoms with Gasteiger partial charge in [-0.3, -0.25) is 4.79 Å². The molecule has 0 aliphatic carbocycles. The smallest absolute Gasteiger partial charge is 0.249 e. The zero-order chi connectivity index (χ0) is 12.8. The number of rotatable bonds is 5. The largest absolute Gasteiger partial charge is 0.370 e. The lowest BCUT2D eigenvalue weighted by atomic mass is 10.2. The average Bonchev–Trinajstić information content (AvgIpc) is 2.25. The van der Waals surface area contributed by atoms with Crippen LogP contribution in [-0.4, -0.2) is 50.0 Å². The molecule has 1 saturated heterocycles. The fourth-order valence-corrected chi connectivity index (χ4v) is 1.70. The van der Waals surface area contributed by atoms with E-state index < -0.39 is 6.10 Å². The van der Waals surface area contributed by atoms with E-state index in [-0.39, 0.29) is 24.2 Å². The zero-order valence-electron chi connectivity index (χ0n) is 11.2. The summed E-state index contributed by atoms with van der Waals surface area (Å²) in [5, 5.41) is 6.08. The first-order valence-corrected chi connectivity index (χ1v) is 6.27. The lowest BCUT2D eigenvalue weighted by Gasteiger charge is -2.29. The maximum atomic E-state index is 11.6. The number of morpholine rings is 1. The SMILES string of the molecule is CC(C)NC(=O)C(C)OCC1CNCC(C)O1. The summed E-state index contributed by atoms with van der Waals surface area (Å²) in [6.45, 7) is 9.75. The van der Waals surface area contributed by atoms with Gasteiger partial charge in [0.2, 0.25) is 5.91 Å². The molecule has 1 aliphatic heterocycles. The van der Waals surface area contributed by atoms with Gasteiger partial charge in [0, 0.05) is 19.1 Å². The van der Waals surface area contributed by atoms with Gasteiger partial charge in [-0.2, -0.15) is 0 Å². The number of hydrogen-bond donors (Lipinski definition) is 2. The molecule has 1 rings (SSSR count). The Morgan fingerprint density at radius 2 is 2.18 bits per heavy atom. The summed E-state index contributed by atoms with van der Waals surface area (Å²) in [5.41, 5.74) is 0. The fourth-order valence-electron chi connectivity index (χ4n) is 1.70. The van der Waals surface area contributed by atoms with E-state index in [1.165, 1.54) is 0 Å². The summed E-state index contributed by atoms with van der Waals surface area (Å²) in [6.07, 6.45) is -0.191. The van der Waals surface area contributed by atoms with Gasteiger partial charge in [0.05, 0.1) is 18.8 Å². The van der Waals surface area contributed by atoms with Crippen LogP contribution < -0.4 is 10.6 Å². The molecule has 17 heavy (non-hydrogen) atoms. The van der Waals surface area contributed by atoms with Crippen LogP contribution in [-0.2, 0) is 14.3 Å². The van der Waals surface area contributed by atoms with E-state index in [0.717, 1.165) is 13.1 Å². The van der Waals surface area contributed by atoms with E-state index >= 15 is 0 Å². The monoisotopic (exact) mass is 244 g/mol. The topological polar surface area (TPSA) is 59.6 Å². The number of ether oxygens (including phenoxy) is 2. The molecule has 1 heterocycles.